The highest BCUT2D eigenvalue weighted by Crippen LogP contribution is 2.24. The Morgan fingerprint density at radius 1 is 0.919 bits per heavy atom. The summed E-state index contributed by atoms with van der Waals surface area (Å²) in [5.74, 6) is 0.0663. The molecule has 2 aromatic heterocycles. The van der Waals surface area contributed by atoms with Gasteiger partial charge in [-0.3, -0.25) is 4.79 Å². The number of nitrogens with zero attached hydrogens (tertiary/aromatic N) is 1. The summed E-state index contributed by atoms with van der Waals surface area (Å²) in [4.78, 5) is 29.1. The minimum atomic E-state index is -1.08. The fraction of sp³-hybridized carbons (Fsp3) is 0.233. The van der Waals surface area contributed by atoms with Crippen LogP contribution in [-0.2, 0) is 17.8 Å². The molecule has 0 radical (unpaired) electrons. The lowest BCUT2D eigenvalue weighted by atomic mass is 9.98. The molecule has 4 rings (SSSR count). The first kappa shape index (κ1) is 25.7. The van der Waals surface area contributed by atoms with Gasteiger partial charge in [0.05, 0.1) is 6.26 Å². The first-order chi connectivity index (χ1) is 17.7. The first-order valence-electron chi connectivity index (χ1n) is 12.1. The molecular formula is C30H31N3O4. The van der Waals surface area contributed by atoms with Crippen LogP contribution in [0, 0.1) is 27.7 Å². The Balaban J connectivity index is 1.40. The van der Waals surface area contributed by atoms with Crippen molar-refractivity contribution in [1.82, 2.24) is 10.3 Å². The highest BCUT2D eigenvalue weighted by molar-refractivity contribution is 5.99. The highest BCUT2D eigenvalue weighted by Gasteiger charge is 2.23. The second-order valence-electron chi connectivity index (χ2n) is 9.43. The molecule has 2 heterocycles. The fourth-order valence-corrected chi connectivity index (χ4v) is 4.45. The van der Waals surface area contributed by atoms with Gasteiger partial charge in [-0.15, -0.1) is 0 Å². The number of rotatable bonds is 9. The van der Waals surface area contributed by atoms with Crippen molar-refractivity contribution in [3.05, 3.63) is 106 Å². The number of carbonyl (C=O) groups excluding carboxylic acids is 1. The van der Waals surface area contributed by atoms with Crippen molar-refractivity contribution in [3.8, 4) is 11.3 Å². The highest BCUT2D eigenvalue weighted by atomic mass is 16.4. The third kappa shape index (κ3) is 6.44. The first-order valence-corrected chi connectivity index (χ1v) is 12.1. The molecule has 1 amide bonds. The minimum Gasteiger partial charge on any atom is -0.480 e. The number of hydrogen-bond acceptors (Lipinski definition) is 5. The Bertz CT molecular complexity index is 1400. The number of furan rings is 1. The number of amides is 1. The van der Waals surface area contributed by atoms with Crippen molar-refractivity contribution in [2.75, 3.05) is 5.32 Å². The lowest BCUT2D eigenvalue weighted by molar-refractivity contribution is -0.139. The Morgan fingerprint density at radius 2 is 1.62 bits per heavy atom. The smallest absolute Gasteiger partial charge is 0.326 e. The van der Waals surface area contributed by atoms with E-state index in [1.165, 1.54) is 0 Å². The molecule has 0 fully saturated rings. The summed E-state index contributed by atoms with van der Waals surface area (Å²) in [5.41, 5.74) is 7.03. The van der Waals surface area contributed by atoms with Gasteiger partial charge in [0.2, 0.25) is 0 Å². The monoisotopic (exact) mass is 497 g/mol. The van der Waals surface area contributed by atoms with Gasteiger partial charge >= 0.3 is 5.97 Å². The summed E-state index contributed by atoms with van der Waals surface area (Å²) in [6.45, 7) is 8.29. The lowest BCUT2D eigenvalue weighted by Crippen LogP contribution is -2.42. The van der Waals surface area contributed by atoms with Crippen LogP contribution in [0.4, 0.5) is 5.82 Å². The molecule has 0 saturated carbocycles. The van der Waals surface area contributed by atoms with E-state index in [1.54, 1.807) is 12.5 Å². The SMILES string of the molecule is Cc1ccnc(NCc2coc(-c3ccc(CC(NC(=O)c4c(C)cc(C)cc4C)C(=O)O)cc3)c2)c1. The Kier molecular flexibility index (Phi) is 7.72. The van der Waals surface area contributed by atoms with E-state index in [1.807, 2.05) is 82.3 Å². The van der Waals surface area contributed by atoms with Gasteiger partial charge in [0.25, 0.3) is 5.91 Å². The van der Waals surface area contributed by atoms with Crippen molar-refractivity contribution in [2.45, 2.75) is 46.7 Å². The molecule has 0 bridgehead atoms. The maximum Gasteiger partial charge on any atom is 0.326 e. The number of carboxylic acid groups (broad SMARTS) is 1. The Labute approximate surface area is 216 Å². The molecule has 0 saturated heterocycles. The van der Waals surface area contributed by atoms with Crippen LogP contribution in [0.15, 0.2) is 71.5 Å². The molecule has 2 aromatic carbocycles. The van der Waals surface area contributed by atoms with Gasteiger partial charge in [-0.2, -0.15) is 0 Å². The second-order valence-corrected chi connectivity index (χ2v) is 9.43. The van der Waals surface area contributed by atoms with Crippen molar-refractivity contribution in [1.29, 1.82) is 0 Å². The van der Waals surface area contributed by atoms with Crippen molar-refractivity contribution in [2.24, 2.45) is 0 Å². The van der Waals surface area contributed by atoms with Crippen LogP contribution in [0.1, 0.15) is 43.7 Å². The maximum atomic E-state index is 12.9. The van der Waals surface area contributed by atoms with E-state index in [2.05, 4.69) is 15.6 Å². The van der Waals surface area contributed by atoms with Crippen molar-refractivity contribution >= 4 is 17.7 Å². The zero-order valence-corrected chi connectivity index (χ0v) is 21.5. The fourth-order valence-electron chi connectivity index (χ4n) is 4.45. The van der Waals surface area contributed by atoms with Gasteiger partial charge in [0.15, 0.2) is 0 Å². The molecule has 37 heavy (non-hydrogen) atoms. The molecule has 1 atom stereocenters. The van der Waals surface area contributed by atoms with E-state index in [0.29, 0.717) is 17.9 Å². The predicted octanol–water partition coefficient (Wildman–Crippen LogP) is 5.61. The van der Waals surface area contributed by atoms with Gasteiger partial charge in [-0.05, 0) is 68.1 Å². The number of pyridine rings is 1. The molecule has 0 aliphatic heterocycles. The molecule has 3 N–H and O–H groups in total. The lowest BCUT2D eigenvalue weighted by Gasteiger charge is -2.17. The van der Waals surface area contributed by atoms with E-state index in [-0.39, 0.29) is 12.3 Å². The number of aliphatic carboxylic acids is 1. The largest absolute Gasteiger partial charge is 0.480 e. The molecule has 1 unspecified atom stereocenters. The maximum absolute atomic E-state index is 12.9. The van der Waals surface area contributed by atoms with E-state index in [9.17, 15) is 14.7 Å². The number of carboxylic acids is 1. The third-order valence-electron chi connectivity index (χ3n) is 6.23. The van der Waals surface area contributed by atoms with Crippen LogP contribution in [0.25, 0.3) is 11.3 Å². The van der Waals surface area contributed by atoms with Crippen LogP contribution >= 0.6 is 0 Å². The predicted molar refractivity (Wildman–Crippen MR) is 144 cm³/mol. The summed E-state index contributed by atoms with van der Waals surface area (Å²) in [5, 5.41) is 15.7. The number of hydrogen-bond donors (Lipinski definition) is 3. The summed E-state index contributed by atoms with van der Waals surface area (Å²) < 4.78 is 5.74. The molecule has 190 valence electrons. The number of aryl methyl sites for hydroxylation is 4. The normalized spacial score (nSPS) is 11.7. The summed E-state index contributed by atoms with van der Waals surface area (Å²) in [7, 11) is 0. The van der Waals surface area contributed by atoms with E-state index in [4.69, 9.17) is 4.42 Å². The number of carbonyl (C=O) groups is 2. The van der Waals surface area contributed by atoms with E-state index < -0.39 is 12.0 Å². The summed E-state index contributed by atoms with van der Waals surface area (Å²) in [6, 6.07) is 16.2. The third-order valence-corrected chi connectivity index (χ3v) is 6.23. The second kappa shape index (κ2) is 11.1. The van der Waals surface area contributed by atoms with Crippen LogP contribution < -0.4 is 10.6 Å². The number of aromatic nitrogens is 1. The van der Waals surface area contributed by atoms with Crippen molar-refractivity contribution in [3.63, 3.8) is 0 Å². The molecule has 4 aromatic rings. The molecule has 0 aliphatic carbocycles. The summed E-state index contributed by atoms with van der Waals surface area (Å²) >= 11 is 0. The molecule has 0 spiro atoms. The zero-order valence-electron chi connectivity index (χ0n) is 21.5. The number of anilines is 1. The number of nitrogens with one attached hydrogen (secondary N) is 2. The van der Waals surface area contributed by atoms with Gasteiger partial charge in [-0.1, -0.05) is 42.0 Å². The zero-order chi connectivity index (χ0) is 26.5. The molecule has 7 nitrogen and oxygen atoms in total. The van der Waals surface area contributed by atoms with Crippen LogP contribution in [0.2, 0.25) is 0 Å². The van der Waals surface area contributed by atoms with Gasteiger partial charge in [0, 0.05) is 35.9 Å². The quantitative estimate of drug-likeness (QED) is 0.278. The Morgan fingerprint density at radius 3 is 2.27 bits per heavy atom. The van der Waals surface area contributed by atoms with E-state index >= 15 is 0 Å². The molecular weight excluding hydrogens is 466 g/mol. The van der Waals surface area contributed by atoms with Crippen LogP contribution in [0.3, 0.4) is 0 Å². The number of benzene rings is 2. The topological polar surface area (TPSA) is 104 Å². The van der Waals surface area contributed by atoms with Crippen LogP contribution in [-0.4, -0.2) is 28.0 Å². The van der Waals surface area contributed by atoms with Gasteiger partial charge in [-0.25, -0.2) is 9.78 Å². The van der Waals surface area contributed by atoms with E-state index in [0.717, 1.165) is 44.8 Å². The molecule has 7 heteroatoms. The van der Waals surface area contributed by atoms with Gasteiger partial charge < -0.3 is 20.2 Å². The molecule has 0 aliphatic rings. The standard InChI is InChI=1S/C30H31N3O4/c1-18-9-10-31-27(13-18)32-16-23-15-26(37-17-23)24-7-5-22(6-8-24)14-25(30(35)36)33-29(34)28-20(3)11-19(2)12-21(28)4/h5-13,15,17,25H,14,16H2,1-4H3,(H,31,32)(H,33,34)(H,35,36). The Hall–Kier alpha value is -4.39. The van der Waals surface area contributed by atoms with Crippen LogP contribution in [0.5, 0.6) is 0 Å². The minimum absolute atomic E-state index is 0.169. The summed E-state index contributed by atoms with van der Waals surface area (Å²) in [6.07, 6.45) is 3.64. The average Bonchev–Trinajstić information content (AvgIpc) is 3.31. The van der Waals surface area contributed by atoms with Gasteiger partial charge in [0.1, 0.15) is 17.6 Å². The van der Waals surface area contributed by atoms with Crippen molar-refractivity contribution < 1.29 is 19.1 Å². The average molecular weight is 498 g/mol.